The number of aromatic nitrogens is 2. The third-order valence-electron chi connectivity index (χ3n) is 2.36. The standard InChI is InChI=1S/C11H12BrN3/c1-7-3-4-9(5-10(7)12)15-6-11(13)8(2)14-15/h3-6H,13H2,1-2H3. The maximum absolute atomic E-state index is 5.75. The summed E-state index contributed by atoms with van der Waals surface area (Å²) in [4.78, 5) is 0. The second-order valence-electron chi connectivity index (χ2n) is 3.55. The van der Waals surface area contributed by atoms with Crippen LogP contribution in [0, 0.1) is 13.8 Å². The number of hydrogen-bond donors (Lipinski definition) is 1. The van der Waals surface area contributed by atoms with Crippen LogP contribution in [-0.4, -0.2) is 9.78 Å². The number of halogens is 1. The number of anilines is 1. The van der Waals surface area contributed by atoms with Gasteiger partial charge in [0.2, 0.25) is 0 Å². The van der Waals surface area contributed by atoms with Crippen molar-refractivity contribution in [3.8, 4) is 5.69 Å². The van der Waals surface area contributed by atoms with E-state index in [1.54, 1.807) is 4.68 Å². The van der Waals surface area contributed by atoms with Gasteiger partial charge < -0.3 is 5.73 Å². The van der Waals surface area contributed by atoms with Gasteiger partial charge in [0.25, 0.3) is 0 Å². The molecule has 0 atom stereocenters. The van der Waals surface area contributed by atoms with Gasteiger partial charge in [-0.15, -0.1) is 0 Å². The highest BCUT2D eigenvalue weighted by molar-refractivity contribution is 9.10. The first-order chi connectivity index (χ1) is 7.08. The average molecular weight is 266 g/mol. The van der Waals surface area contributed by atoms with Crippen LogP contribution in [0.1, 0.15) is 11.3 Å². The second-order valence-corrected chi connectivity index (χ2v) is 4.40. The molecule has 0 bridgehead atoms. The molecule has 0 amide bonds. The Morgan fingerprint density at radius 1 is 1.33 bits per heavy atom. The van der Waals surface area contributed by atoms with Gasteiger partial charge in [-0.1, -0.05) is 22.0 Å². The maximum atomic E-state index is 5.75. The number of rotatable bonds is 1. The third-order valence-corrected chi connectivity index (χ3v) is 3.21. The predicted molar refractivity (Wildman–Crippen MR) is 65.2 cm³/mol. The van der Waals surface area contributed by atoms with Crippen molar-refractivity contribution in [2.75, 3.05) is 5.73 Å². The summed E-state index contributed by atoms with van der Waals surface area (Å²) in [6, 6.07) is 6.10. The Balaban J connectivity index is 2.49. The van der Waals surface area contributed by atoms with E-state index < -0.39 is 0 Å². The van der Waals surface area contributed by atoms with Crippen molar-refractivity contribution in [1.29, 1.82) is 0 Å². The van der Waals surface area contributed by atoms with Gasteiger partial charge in [0.05, 0.1) is 23.3 Å². The highest BCUT2D eigenvalue weighted by atomic mass is 79.9. The average Bonchev–Trinajstić information content (AvgIpc) is 2.52. The molecule has 0 unspecified atom stereocenters. The molecule has 2 aromatic rings. The van der Waals surface area contributed by atoms with E-state index in [1.165, 1.54) is 5.56 Å². The van der Waals surface area contributed by atoms with Crippen LogP contribution in [0.3, 0.4) is 0 Å². The first-order valence-electron chi connectivity index (χ1n) is 4.66. The molecular formula is C11H12BrN3. The van der Waals surface area contributed by atoms with Crippen LogP contribution in [0.4, 0.5) is 5.69 Å². The molecule has 0 spiro atoms. The zero-order valence-electron chi connectivity index (χ0n) is 8.66. The van der Waals surface area contributed by atoms with Crippen LogP contribution in [0.25, 0.3) is 5.69 Å². The maximum Gasteiger partial charge on any atom is 0.0827 e. The molecule has 1 heterocycles. The summed E-state index contributed by atoms with van der Waals surface area (Å²) in [7, 11) is 0. The molecule has 0 fully saturated rings. The minimum atomic E-state index is 0.715. The molecule has 0 saturated carbocycles. The lowest BCUT2D eigenvalue weighted by Crippen LogP contribution is -1.95. The Bertz CT molecular complexity index is 483. The van der Waals surface area contributed by atoms with Crippen molar-refractivity contribution in [1.82, 2.24) is 9.78 Å². The lowest BCUT2D eigenvalue weighted by Gasteiger charge is -2.03. The fourth-order valence-electron chi connectivity index (χ4n) is 1.33. The zero-order chi connectivity index (χ0) is 11.0. The summed E-state index contributed by atoms with van der Waals surface area (Å²) in [5.41, 5.74) is 9.53. The molecule has 3 nitrogen and oxygen atoms in total. The van der Waals surface area contributed by atoms with Crippen LogP contribution >= 0.6 is 15.9 Å². The van der Waals surface area contributed by atoms with Gasteiger partial charge in [-0.2, -0.15) is 5.10 Å². The second kappa shape index (κ2) is 3.70. The Kier molecular flexibility index (Phi) is 2.52. The summed E-state index contributed by atoms with van der Waals surface area (Å²) < 4.78 is 2.86. The number of aryl methyl sites for hydroxylation is 2. The van der Waals surface area contributed by atoms with Crippen LogP contribution in [0.15, 0.2) is 28.9 Å². The topological polar surface area (TPSA) is 43.8 Å². The minimum Gasteiger partial charge on any atom is -0.396 e. The van der Waals surface area contributed by atoms with E-state index in [0.29, 0.717) is 5.69 Å². The molecule has 78 valence electrons. The van der Waals surface area contributed by atoms with Crippen molar-refractivity contribution >= 4 is 21.6 Å². The molecule has 1 aromatic heterocycles. The van der Waals surface area contributed by atoms with E-state index in [4.69, 9.17) is 5.73 Å². The van der Waals surface area contributed by atoms with E-state index in [0.717, 1.165) is 15.9 Å². The number of nitrogen functional groups attached to an aromatic ring is 1. The van der Waals surface area contributed by atoms with E-state index >= 15 is 0 Å². The van der Waals surface area contributed by atoms with Gasteiger partial charge in [0.1, 0.15) is 0 Å². The third kappa shape index (κ3) is 1.90. The molecule has 0 aliphatic heterocycles. The van der Waals surface area contributed by atoms with Crippen molar-refractivity contribution < 1.29 is 0 Å². The highest BCUT2D eigenvalue weighted by Crippen LogP contribution is 2.21. The van der Waals surface area contributed by atoms with Crippen molar-refractivity contribution in [3.05, 3.63) is 40.1 Å². The number of nitrogens with zero attached hydrogens (tertiary/aromatic N) is 2. The molecule has 0 aliphatic rings. The molecule has 15 heavy (non-hydrogen) atoms. The Labute approximate surface area is 97.0 Å². The molecule has 2 rings (SSSR count). The van der Waals surface area contributed by atoms with Gasteiger partial charge in [0, 0.05) is 4.47 Å². The van der Waals surface area contributed by atoms with Gasteiger partial charge >= 0.3 is 0 Å². The van der Waals surface area contributed by atoms with Crippen molar-refractivity contribution in [2.24, 2.45) is 0 Å². The number of benzene rings is 1. The molecular weight excluding hydrogens is 254 g/mol. The van der Waals surface area contributed by atoms with Crippen molar-refractivity contribution in [3.63, 3.8) is 0 Å². The van der Waals surface area contributed by atoms with Gasteiger partial charge in [-0.3, -0.25) is 0 Å². The van der Waals surface area contributed by atoms with Gasteiger partial charge in [-0.25, -0.2) is 4.68 Å². The van der Waals surface area contributed by atoms with E-state index in [9.17, 15) is 0 Å². The number of nitrogens with two attached hydrogens (primary N) is 1. The molecule has 0 saturated heterocycles. The van der Waals surface area contributed by atoms with Crippen LogP contribution < -0.4 is 5.73 Å². The molecule has 1 aromatic carbocycles. The fourth-order valence-corrected chi connectivity index (χ4v) is 1.70. The Hall–Kier alpha value is -1.29. The number of hydrogen-bond acceptors (Lipinski definition) is 2. The summed E-state index contributed by atoms with van der Waals surface area (Å²) >= 11 is 3.50. The Morgan fingerprint density at radius 3 is 2.60 bits per heavy atom. The van der Waals surface area contributed by atoms with Gasteiger partial charge in [-0.05, 0) is 31.5 Å². The predicted octanol–water partition coefficient (Wildman–Crippen LogP) is 2.83. The normalized spacial score (nSPS) is 10.6. The van der Waals surface area contributed by atoms with Crippen molar-refractivity contribution in [2.45, 2.75) is 13.8 Å². The summed E-state index contributed by atoms with van der Waals surface area (Å²) in [6.45, 7) is 3.95. The SMILES string of the molecule is Cc1ccc(-n2cc(N)c(C)n2)cc1Br. The fraction of sp³-hybridized carbons (Fsp3) is 0.182. The molecule has 4 heteroatoms. The van der Waals surface area contributed by atoms with E-state index in [1.807, 2.05) is 31.3 Å². The quantitative estimate of drug-likeness (QED) is 0.862. The van der Waals surface area contributed by atoms with E-state index in [2.05, 4.69) is 28.0 Å². The van der Waals surface area contributed by atoms with Crippen LogP contribution in [0.2, 0.25) is 0 Å². The highest BCUT2D eigenvalue weighted by Gasteiger charge is 2.04. The first kappa shape index (κ1) is 10.2. The lowest BCUT2D eigenvalue weighted by molar-refractivity contribution is 0.861. The van der Waals surface area contributed by atoms with Gasteiger partial charge in [0.15, 0.2) is 0 Å². The first-order valence-corrected chi connectivity index (χ1v) is 5.45. The smallest absolute Gasteiger partial charge is 0.0827 e. The largest absolute Gasteiger partial charge is 0.396 e. The summed E-state index contributed by atoms with van der Waals surface area (Å²) in [5, 5.41) is 4.32. The molecule has 0 radical (unpaired) electrons. The molecule has 0 aliphatic carbocycles. The van der Waals surface area contributed by atoms with E-state index in [-0.39, 0.29) is 0 Å². The van der Waals surface area contributed by atoms with Crippen LogP contribution in [-0.2, 0) is 0 Å². The summed E-state index contributed by atoms with van der Waals surface area (Å²) in [6.07, 6.45) is 1.83. The minimum absolute atomic E-state index is 0.715. The monoisotopic (exact) mass is 265 g/mol. The molecule has 2 N–H and O–H groups in total. The zero-order valence-corrected chi connectivity index (χ0v) is 10.2. The van der Waals surface area contributed by atoms with Crippen LogP contribution in [0.5, 0.6) is 0 Å². The summed E-state index contributed by atoms with van der Waals surface area (Å²) in [5.74, 6) is 0. The lowest BCUT2D eigenvalue weighted by atomic mass is 10.2. The Morgan fingerprint density at radius 2 is 2.07 bits per heavy atom.